The Kier molecular flexibility index (Phi) is 7.86. The molecule has 0 saturated carbocycles. The first-order valence-electron chi connectivity index (χ1n) is 8.08. The van der Waals surface area contributed by atoms with E-state index in [4.69, 9.17) is 0 Å². The number of likely N-dealkylation sites (N-methyl/N-ethyl adjacent to an activating group) is 2. The summed E-state index contributed by atoms with van der Waals surface area (Å²) in [5, 5.41) is 3.68. The summed E-state index contributed by atoms with van der Waals surface area (Å²) in [5.74, 6) is 0.768. The first kappa shape index (κ1) is 17.2. The average Bonchev–Trinajstić information content (AvgIpc) is 2.46. The molecule has 114 valence electrons. The maximum Gasteiger partial charge on any atom is 0.0477 e. The number of hydrogen-bond acceptors (Lipinski definition) is 2. The van der Waals surface area contributed by atoms with Gasteiger partial charge in [-0.3, -0.25) is 0 Å². The summed E-state index contributed by atoms with van der Waals surface area (Å²) in [6.45, 7) is 11.3. The summed E-state index contributed by atoms with van der Waals surface area (Å²) in [6, 6.07) is 11.8. The third-order valence-electron chi connectivity index (χ3n) is 4.01. The number of hydrogen-bond donors (Lipinski definition) is 1. The lowest BCUT2D eigenvalue weighted by atomic mass is 9.95. The van der Waals surface area contributed by atoms with E-state index in [1.165, 1.54) is 24.9 Å². The fraction of sp³-hybridized carbons (Fsp3) is 0.667. The molecule has 2 nitrogen and oxygen atoms in total. The van der Waals surface area contributed by atoms with Crippen LogP contribution in [0.4, 0.5) is 0 Å². The molecule has 1 N–H and O–H groups in total. The van der Waals surface area contributed by atoms with Crippen molar-refractivity contribution in [3.8, 4) is 0 Å². The molecule has 1 aromatic rings. The normalized spacial score (nSPS) is 14.8. The molecule has 0 bridgehead atoms. The standard InChI is InChI=1S/C18H32N2/c1-6-17(20(5)14-13-15(3)4)18(19-7-2)16-11-9-8-10-12-16/h8-12,15,17-19H,6-7,13-14H2,1-5H3. The largest absolute Gasteiger partial charge is 0.309 e. The lowest BCUT2D eigenvalue weighted by Crippen LogP contribution is -2.43. The van der Waals surface area contributed by atoms with E-state index < -0.39 is 0 Å². The van der Waals surface area contributed by atoms with Crippen molar-refractivity contribution in [3.63, 3.8) is 0 Å². The molecule has 0 saturated heterocycles. The van der Waals surface area contributed by atoms with Gasteiger partial charge < -0.3 is 10.2 Å². The SMILES string of the molecule is CCNC(c1ccccc1)C(CC)N(C)CCC(C)C. The summed E-state index contributed by atoms with van der Waals surface area (Å²) in [4.78, 5) is 2.53. The fourth-order valence-corrected chi connectivity index (χ4v) is 2.79. The molecule has 0 aliphatic heterocycles. The van der Waals surface area contributed by atoms with Gasteiger partial charge in [0.1, 0.15) is 0 Å². The second-order valence-electron chi connectivity index (χ2n) is 6.08. The number of nitrogens with one attached hydrogen (secondary N) is 1. The van der Waals surface area contributed by atoms with E-state index in [-0.39, 0.29) is 0 Å². The van der Waals surface area contributed by atoms with Gasteiger partial charge in [-0.1, -0.05) is 58.0 Å². The molecule has 1 rings (SSSR count). The molecule has 0 heterocycles. The second kappa shape index (κ2) is 9.15. The Balaban J connectivity index is 2.80. The lowest BCUT2D eigenvalue weighted by Gasteiger charge is -2.35. The highest BCUT2D eigenvalue weighted by Gasteiger charge is 2.24. The Morgan fingerprint density at radius 1 is 1.10 bits per heavy atom. The molecule has 0 radical (unpaired) electrons. The first-order valence-corrected chi connectivity index (χ1v) is 8.08. The topological polar surface area (TPSA) is 15.3 Å². The van der Waals surface area contributed by atoms with Crippen LogP contribution in [0.2, 0.25) is 0 Å². The van der Waals surface area contributed by atoms with Crippen molar-refractivity contribution < 1.29 is 0 Å². The summed E-state index contributed by atoms with van der Waals surface area (Å²) in [7, 11) is 2.27. The predicted molar refractivity (Wildman–Crippen MR) is 89.0 cm³/mol. The van der Waals surface area contributed by atoms with E-state index in [2.05, 4.69) is 75.3 Å². The van der Waals surface area contributed by atoms with E-state index in [9.17, 15) is 0 Å². The van der Waals surface area contributed by atoms with Crippen LogP contribution in [0.15, 0.2) is 30.3 Å². The first-order chi connectivity index (χ1) is 9.60. The molecule has 2 heteroatoms. The van der Waals surface area contributed by atoms with E-state index in [1.807, 2.05) is 0 Å². The third-order valence-corrected chi connectivity index (χ3v) is 4.01. The van der Waals surface area contributed by atoms with Gasteiger partial charge in [0.2, 0.25) is 0 Å². The minimum atomic E-state index is 0.420. The number of nitrogens with zero attached hydrogens (tertiary/aromatic N) is 1. The Morgan fingerprint density at radius 2 is 1.75 bits per heavy atom. The van der Waals surface area contributed by atoms with Crippen LogP contribution in [0.1, 0.15) is 52.1 Å². The Hall–Kier alpha value is -0.860. The van der Waals surface area contributed by atoms with Crippen LogP contribution in [0.5, 0.6) is 0 Å². The van der Waals surface area contributed by atoms with Crippen LogP contribution < -0.4 is 5.32 Å². The van der Waals surface area contributed by atoms with Crippen molar-refractivity contribution in [1.82, 2.24) is 10.2 Å². The molecule has 2 unspecified atom stereocenters. The van der Waals surface area contributed by atoms with Crippen LogP contribution >= 0.6 is 0 Å². The second-order valence-corrected chi connectivity index (χ2v) is 6.08. The minimum absolute atomic E-state index is 0.420. The summed E-state index contributed by atoms with van der Waals surface area (Å²) >= 11 is 0. The van der Waals surface area contributed by atoms with E-state index in [1.54, 1.807) is 0 Å². The van der Waals surface area contributed by atoms with Crippen LogP contribution in [0, 0.1) is 5.92 Å². The molecule has 0 amide bonds. The molecule has 2 atom stereocenters. The van der Waals surface area contributed by atoms with E-state index >= 15 is 0 Å². The van der Waals surface area contributed by atoms with Crippen LogP contribution in [0.25, 0.3) is 0 Å². The van der Waals surface area contributed by atoms with Gasteiger partial charge in [0, 0.05) is 12.1 Å². The molecular formula is C18H32N2. The summed E-state index contributed by atoms with van der Waals surface area (Å²) < 4.78 is 0. The van der Waals surface area contributed by atoms with E-state index in [0.717, 1.165) is 12.5 Å². The highest BCUT2D eigenvalue weighted by molar-refractivity contribution is 5.20. The van der Waals surface area contributed by atoms with Gasteiger partial charge in [-0.05, 0) is 44.5 Å². The highest BCUT2D eigenvalue weighted by Crippen LogP contribution is 2.23. The highest BCUT2D eigenvalue weighted by atomic mass is 15.2. The van der Waals surface area contributed by atoms with Gasteiger partial charge in [0.05, 0.1) is 0 Å². The van der Waals surface area contributed by atoms with Crippen molar-refractivity contribution in [3.05, 3.63) is 35.9 Å². The minimum Gasteiger partial charge on any atom is -0.309 e. The molecule has 0 aromatic heterocycles. The Labute approximate surface area is 125 Å². The maximum atomic E-state index is 3.68. The van der Waals surface area contributed by atoms with Crippen molar-refractivity contribution in [2.75, 3.05) is 20.1 Å². The zero-order valence-electron chi connectivity index (χ0n) is 13.9. The van der Waals surface area contributed by atoms with Gasteiger partial charge in [0.15, 0.2) is 0 Å². The maximum absolute atomic E-state index is 3.68. The Bertz CT molecular complexity index is 348. The number of rotatable bonds is 9. The molecule has 0 spiro atoms. The average molecular weight is 276 g/mol. The molecular weight excluding hydrogens is 244 g/mol. The molecule has 1 aromatic carbocycles. The quantitative estimate of drug-likeness (QED) is 0.730. The van der Waals surface area contributed by atoms with Crippen molar-refractivity contribution in [1.29, 1.82) is 0 Å². The van der Waals surface area contributed by atoms with Gasteiger partial charge in [0.25, 0.3) is 0 Å². The smallest absolute Gasteiger partial charge is 0.0477 e. The Morgan fingerprint density at radius 3 is 2.25 bits per heavy atom. The molecule has 0 fully saturated rings. The third kappa shape index (κ3) is 5.26. The zero-order chi connectivity index (χ0) is 15.0. The van der Waals surface area contributed by atoms with Gasteiger partial charge in [-0.2, -0.15) is 0 Å². The van der Waals surface area contributed by atoms with E-state index in [0.29, 0.717) is 12.1 Å². The van der Waals surface area contributed by atoms with Gasteiger partial charge >= 0.3 is 0 Å². The van der Waals surface area contributed by atoms with Crippen molar-refractivity contribution in [2.45, 2.75) is 52.6 Å². The number of benzene rings is 1. The summed E-state index contributed by atoms with van der Waals surface area (Å²) in [5.41, 5.74) is 1.40. The monoisotopic (exact) mass is 276 g/mol. The van der Waals surface area contributed by atoms with Gasteiger partial charge in [-0.25, -0.2) is 0 Å². The van der Waals surface area contributed by atoms with Crippen LogP contribution in [0.3, 0.4) is 0 Å². The van der Waals surface area contributed by atoms with Crippen LogP contribution in [-0.2, 0) is 0 Å². The van der Waals surface area contributed by atoms with Crippen LogP contribution in [-0.4, -0.2) is 31.1 Å². The van der Waals surface area contributed by atoms with Crippen molar-refractivity contribution in [2.24, 2.45) is 5.92 Å². The lowest BCUT2D eigenvalue weighted by molar-refractivity contribution is 0.179. The predicted octanol–water partition coefficient (Wildman–Crippen LogP) is 4.09. The summed E-state index contributed by atoms with van der Waals surface area (Å²) in [6.07, 6.45) is 2.43. The fourth-order valence-electron chi connectivity index (χ4n) is 2.79. The van der Waals surface area contributed by atoms with Crippen molar-refractivity contribution >= 4 is 0 Å². The molecule has 0 aliphatic carbocycles. The van der Waals surface area contributed by atoms with Gasteiger partial charge in [-0.15, -0.1) is 0 Å². The zero-order valence-corrected chi connectivity index (χ0v) is 13.9. The molecule has 20 heavy (non-hydrogen) atoms. The molecule has 0 aliphatic rings.